The fraction of sp³-hybridized carbons (Fsp3) is 0.944. The summed E-state index contributed by atoms with van der Waals surface area (Å²) in [5.41, 5.74) is 0.351. The van der Waals surface area contributed by atoms with Gasteiger partial charge in [-0.3, -0.25) is 5.32 Å². The fourth-order valence-electron chi connectivity index (χ4n) is 4.60. The van der Waals surface area contributed by atoms with Crippen LogP contribution < -0.4 is 5.32 Å². The van der Waals surface area contributed by atoms with Gasteiger partial charge in [-0.05, 0) is 77.3 Å². The van der Waals surface area contributed by atoms with Crippen LogP contribution in [-0.2, 0) is 0 Å². The van der Waals surface area contributed by atoms with Gasteiger partial charge in [-0.15, -0.1) is 0 Å². The predicted molar refractivity (Wildman–Crippen MR) is 86.0 cm³/mol. The van der Waals surface area contributed by atoms with E-state index >= 15 is 0 Å². The molecule has 0 amide bonds. The van der Waals surface area contributed by atoms with Crippen LogP contribution in [-0.4, -0.2) is 35.6 Å². The van der Waals surface area contributed by atoms with Crippen LogP contribution in [0.1, 0.15) is 71.6 Å². The molecule has 2 atom stereocenters. The summed E-state index contributed by atoms with van der Waals surface area (Å²) in [7, 11) is 0. The van der Waals surface area contributed by atoms with E-state index in [1.54, 1.807) is 0 Å². The topological polar surface area (TPSA) is 39.1 Å². The summed E-state index contributed by atoms with van der Waals surface area (Å²) >= 11 is 0. The average molecular weight is 289 g/mol. The van der Waals surface area contributed by atoms with Gasteiger partial charge in [0.1, 0.15) is 5.54 Å². The lowest BCUT2D eigenvalue weighted by Gasteiger charge is -2.43. The van der Waals surface area contributed by atoms with E-state index in [-0.39, 0.29) is 5.54 Å². The first-order chi connectivity index (χ1) is 10.0. The second-order valence-corrected chi connectivity index (χ2v) is 8.16. The quantitative estimate of drug-likeness (QED) is 0.842. The molecule has 0 radical (unpaired) electrons. The van der Waals surface area contributed by atoms with E-state index in [4.69, 9.17) is 0 Å². The minimum Gasteiger partial charge on any atom is -0.301 e. The molecule has 1 N–H and O–H groups in total. The van der Waals surface area contributed by atoms with Gasteiger partial charge in [0.15, 0.2) is 0 Å². The maximum absolute atomic E-state index is 9.55. The molecule has 3 rings (SSSR count). The number of nitrogens with zero attached hydrogens (tertiary/aromatic N) is 2. The maximum atomic E-state index is 9.55. The molecule has 3 heteroatoms. The second kappa shape index (κ2) is 5.89. The van der Waals surface area contributed by atoms with Gasteiger partial charge in [-0.2, -0.15) is 5.26 Å². The van der Waals surface area contributed by atoms with Crippen LogP contribution in [0, 0.1) is 16.7 Å². The zero-order valence-corrected chi connectivity index (χ0v) is 13.8. The van der Waals surface area contributed by atoms with E-state index in [0.29, 0.717) is 17.5 Å². The van der Waals surface area contributed by atoms with Crippen molar-refractivity contribution in [3.63, 3.8) is 0 Å². The fourth-order valence-corrected chi connectivity index (χ4v) is 4.60. The van der Waals surface area contributed by atoms with Crippen molar-refractivity contribution in [2.75, 3.05) is 13.1 Å². The maximum Gasteiger partial charge on any atom is 0.105 e. The molecule has 0 aromatic rings. The lowest BCUT2D eigenvalue weighted by molar-refractivity contribution is 0.0717. The standard InChI is InChI=1S/C18H31N3/c1-15(13-17(2,14-19)20-16-5-6-16)21-11-9-18(10-12-21)7-3-4-8-18/h15-16,20H,3-13H2,1-2H3. The molecule has 1 aliphatic heterocycles. The Hall–Kier alpha value is -0.590. The van der Waals surface area contributed by atoms with Gasteiger partial charge in [0.2, 0.25) is 0 Å². The zero-order valence-electron chi connectivity index (χ0n) is 13.8. The summed E-state index contributed by atoms with van der Waals surface area (Å²) in [4.78, 5) is 2.63. The molecular weight excluding hydrogens is 258 g/mol. The summed E-state index contributed by atoms with van der Waals surface area (Å²) in [6.07, 6.45) is 12.1. The van der Waals surface area contributed by atoms with E-state index in [2.05, 4.69) is 30.1 Å². The van der Waals surface area contributed by atoms with E-state index in [1.807, 2.05) is 0 Å². The Morgan fingerprint density at radius 1 is 1.24 bits per heavy atom. The molecule has 0 aromatic carbocycles. The first-order valence-electron chi connectivity index (χ1n) is 8.97. The highest BCUT2D eigenvalue weighted by Gasteiger charge is 2.39. The molecular formula is C18H31N3. The summed E-state index contributed by atoms with van der Waals surface area (Å²) in [5, 5.41) is 13.1. The minimum atomic E-state index is -0.344. The first kappa shape index (κ1) is 15.3. The Morgan fingerprint density at radius 3 is 2.38 bits per heavy atom. The molecule has 118 valence electrons. The number of nitrogens with one attached hydrogen (secondary N) is 1. The van der Waals surface area contributed by atoms with Crippen molar-refractivity contribution in [3.8, 4) is 6.07 Å². The van der Waals surface area contributed by atoms with Crippen LogP contribution in [0.3, 0.4) is 0 Å². The normalized spacial score (nSPS) is 30.0. The Balaban J connectivity index is 1.51. The number of nitriles is 1. The molecule has 2 aliphatic carbocycles. The molecule has 21 heavy (non-hydrogen) atoms. The molecule has 3 fully saturated rings. The molecule has 1 saturated heterocycles. The summed E-state index contributed by atoms with van der Waals surface area (Å²) in [6.45, 7) is 6.89. The molecule has 0 bridgehead atoms. The second-order valence-electron chi connectivity index (χ2n) is 8.16. The van der Waals surface area contributed by atoms with Crippen molar-refractivity contribution in [2.24, 2.45) is 5.41 Å². The first-order valence-corrected chi connectivity index (χ1v) is 8.97. The van der Waals surface area contributed by atoms with Crippen molar-refractivity contribution in [1.82, 2.24) is 10.2 Å². The third kappa shape index (κ3) is 3.60. The van der Waals surface area contributed by atoms with Crippen molar-refractivity contribution in [2.45, 2.75) is 89.3 Å². The lowest BCUT2D eigenvalue weighted by Crippen LogP contribution is -2.50. The molecule has 1 heterocycles. The van der Waals surface area contributed by atoms with Crippen molar-refractivity contribution in [3.05, 3.63) is 0 Å². The monoisotopic (exact) mass is 289 g/mol. The third-order valence-corrected chi connectivity index (χ3v) is 6.20. The van der Waals surface area contributed by atoms with Crippen LogP contribution in [0.4, 0.5) is 0 Å². The van der Waals surface area contributed by atoms with Crippen LogP contribution in [0.15, 0.2) is 0 Å². The van der Waals surface area contributed by atoms with Gasteiger partial charge in [0, 0.05) is 12.1 Å². The van der Waals surface area contributed by atoms with Gasteiger partial charge in [0.05, 0.1) is 6.07 Å². The van der Waals surface area contributed by atoms with Gasteiger partial charge >= 0.3 is 0 Å². The lowest BCUT2D eigenvalue weighted by atomic mass is 9.76. The van der Waals surface area contributed by atoms with E-state index in [0.717, 1.165) is 6.42 Å². The summed E-state index contributed by atoms with van der Waals surface area (Å²) < 4.78 is 0. The van der Waals surface area contributed by atoms with Gasteiger partial charge < -0.3 is 4.90 Å². The number of likely N-dealkylation sites (tertiary alicyclic amines) is 1. The highest BCUT2D eigenvalue weighted by molar-refractivity contribution is 5.08. The number of hydrogen-bond acceptors (Lipinski definition) is 3. The molecule has 2 unspecified atom stereocenters. The van der Waals surface area contributed by atoms with Crippen LogP contribution in [0.5, 0.6) is 0 Å². The van der Waals surface area contributed by atoms with Gasteiger partial charge in [-0.1, -0.05) is 12.8 Å². The Bertz CT molecular complexity index is 393. The van der Waals surface area contributed by atoms with Crippen LogP contribution >= 0.6 is 0 Å². The average Bonchev–Trinajstić information content (AvgIpc) is 3.17. The van der Waals surface area contributed by atoms with Gasteiger partial charge in [-0.25, -0.2) is 0 Å². The van der Waals surface area contributed by atoms with Crippen LogP contribution in [0.2, 0.25) is 0 Å². The molecule has 1 spiro atoms. The van der Waals surface area contributed by atoms with Crippen LogP contribution in [0.25, 0.3) is 0 Å². The Labute approximate surface area is 130 Å². The van der Waals surface area contributed by atoms with E-state index in [9.17, 15) is 5.26 Å². The highest BCUT2D eigenvalue weighted by atomic mass is 15.2. The van der Waals surface area contributed by atoms with Crippen molar-refractivity contribution < 1.29 is 0 Å². The number of rotatable bonds is 5. The molecule has 3 nitrogen and oxygen atoms in total. The number of piperidine rings is 1. The zero-order chi connectivity index (χ0) is 14.9. The van der Waals surface area contributed by atoms with E-state index < -0.39 is 0 Å². The Morgan fingerprint density at radius 2 is 1.86 bits per heavy atom. The Kier molecular flexibility index (Phi) is 4.30. The predicted octanol–water partition coefficient (Wildman–Crippen LogP) is 3.46. The smallest absolute Gasteiger partial charge is 0.105 e. The summed E-state index contributed by atoms with van der Waals surface area (Å²) in [6, 6.07) is 3.65. The minimum absolute atomic E-state index is 0.344. The summed E-state index contributed by atoms with van der Waals surface area (Å²) in [5.74, 6) is 0. The molecule has 2 saturated carbocycles. The largest absolute Gasteiger partial charge is 0.301 e. The van der Waals surface area contributed by atoms with E-state index in [1.165, 1.54) is 64.5 Å². The number of hydrogen-bond donors (Lipinski definition) is 1. The molecule has 3 aliphatic rings. The third-order valence-electron chi connectivity index (χ3n) is 6.20. The molecule has 0 aromatic heterocycles. The highest BCUT2D eigenvalue weighted by Crippen LogP contribution is 2.46. The van der Waals surface area contributed by atoms with Gasteiger partial charge in [0.25, 0.3) is 0 Å². The van der Waals surface area contributed by atoms with Crippen molar-refractivity contribution >= 4 is 0 Å². The SMILES string of the molecule is CC(CC(C)(C#N)NC1CC1)N1CCC2(CCCC2)CC1. The van der Waals surface area contributed by atoms with Crippen molar-refractivity contribution in [1.29, 1.82) is 5.26 Å².